The molecule has 1 aromatic heterocycles. The van der Waals surface area contributed by atoms with E-state index in [-0.39, 0.29) is 0 Å². The van der Waals surface area contributed by atoms with Crippen LogP contribution in [0.4, 0.5) is 0 Å². The highest BCUT2D eigenvalue weighted by molar-refractivity contribution is 7.99. The van der Waals surface area contributed by atoms with Gasteiger partial charge in [-0.05, 0) is 30.7 Å². The van der Waals surface area contributed by atoms with Crippen molar-refractivity contribution < 1.29 is 0 Å². The monoisotopic (exact) mass is 287 g/mol. The third kappa shape index (κ3) is 2.68. The summed E-state index contributed by atoms with van der Waals surface area (Å²) in [7, 11) is 0. The molecule has 0 aliphatic carbocycles. The van der Waals surface area contributed by atoms with Gasteiger partial charge >= 0.3 is 0 Å². The van der Waals surface area contributed by atoms with Crippen molar-refractivity contribution in [3.8, 4) is 0 Å². The molecule has 1 aromatic carbocycles. The number of hydrogen-bond donors (Lipinski definition) is 1. The zero-order chi connectivity index (χ0) is 13.9. The highest BCUT2D eigenvalue weighted by Crippen LogP contribution is 2.28. The highest BCUT2D eigenvalue weighted by atomic mass is 32.2. The third-order valence-electron chi connectivity index (χ3n) is 4.05. The second kappa shape index (κ2) is 6.12. The van der Waals surface area contributed by atoms with Crippen molar-refractivity contribution >= 4 is 22.7 Å². The summed E-state index contributed by atoms with van der Waals surface area (Å²) in [4.78, 5) is 6.94. The Balaban J connectivity index is 1.93. The summed E-state index contributed by atoms with van der Waals surface area (Å²) >= 11 is 2.04. The first-order valence-corrected chi connectivity index (χ1v) is 8.33. The molecule has 0 saturated carbocycles. The first-order valence-electron chi connectivity index (χ1n) is 7.18. The minimum atomic E-state index is 0.315. The van der Waals surface area contributed by atoms with Crippen LogP contribution < -0.4 is 5.73 Å². The molecule has 0 spiro atoms. The van der Waals surface area contributed by atoms with Gasteiger partial charge in [0, 0.05) is 48.3 Å². The summed E-state index contributed by atoms with van der Waals surface area (Å²) in [5.74, 6) is 2.40. The number of aromatic nitrogens is 1. The Morgan fingerprint density at radius 3 is 3.15 bits per heavy atom. The average Bonchev–Trinajstić information content (AvgIpc) is 2.50. The van der Waals surface area contributed by atoms with Gasteiger partial charge in [0.15, 0.2) is 0 Å². The molecule has 106 valence electrons. The molecule has 1 fully saturated rings. The van der Waals surface area contributed by atoms with Crippen LogP contribution in [0.25, 0.3) is 10.9 Å². The SMILES string of the molecule is CC1CSCCN1C(CN)c1ccc2ncccc2c1. The fraction of sp³-hybridized carbons (Fsp3) is 0.438. The number of rotatable bonds is 3. The standard InChI is InChI=1S/C16H21N3S/c1-12-11-20-8-7-19(12)16(10-17)14-4-5-15-13(9-14)3-2-6-18-15/h2-6,9,12,16H,7-8,10-11,17H2,1H3. The predicted molar refractivity (Wildman–Crippen MR) is 87.0 cm³/mol. The molecule has 1 saturated heterocycles. The number of benzene rings is 1. The predicted octanol–water partition coefficient (Wildman–Crippen LogP) is 2.67. The van der Waals surface area contributed by atoms with Crippen molar-refractivity contribution in [3.63, 3.8) is 0 Å². The summed E-state index contributed by atoms with van der Waals surface area (Å²) in [5.41, 5.74) is 8.44. The second-order valence-electron chi connectivity index (χ2n) is 5.37. The number of thioether (sulfide) groups is 1. The maximum absolute atomic E-state index is 6.08. The Labute approximate surface area is 124 Å². The fourth-order valence-corrected chi connectivity index (χ4v) is 4.01. The second-order valence-corrected chi connectivity index (χ2v) is 6.52. The van der Waals surface area contributed by atoms with Crippen molar-refractivity contribution in [1.29, 1.82) is 0 Å². The number of fused-ring (bicyclic) bond motifs is 1. The lowest BCUT2D eigenvalue weighted by molar-refractivity contribution is 0.166. The topological polar surface area (TPSA) is 42.1 Å². The van der Waals surface area contributed by atoms with Gasteiger partial charge in [0.1, 0.15) is 0 Å². The Hall–Kier alpha value is -1.10. The van der Waals surface area contributed by atoms with Crippen LogP contribution in [0.5, 0.6) is 0 Å². The number of nitrogens with zero attached hydrogens (tertiary/aromatic N) is 2. The molecule has 0 amide bonds. The van der Waals surface area contributed by atoms with Crippen molar-refractivity contribution in [2.24, 2.45) is 5.73 Å². The van der Waals surface area contributed by atoms with Gasteiger partial charge < -0.3 is 5.73 Å². The van der Waals surface area contributed by atoms with Gasteiger partial charge in [0.25, 0.3) is 0 Å². The maximum Gasteiger partial charge on any atom is 0.0702 e. The number of hydrogen-bond acceptors (Lipinski definition) is 4. The largest absolute Gasteiger partial charge is 0.329 e. The van der Waals surface area contributed by atoms with Gasteiger partial charge in [0.05, 0.1) is 5.52 Å². The van der Waals surface area contributed by atoms with Gasteiger partial charge in [-0.2, -0.15) is 11.8 Å². The van der Waals surface area contributed by atoms with Crippen LogP contribution in [0.2, 0.25) is 0 Å². The van der Waals surface area contributed by atoms with E-state index in [1.54, 1.807) is 0 Å². The van der Waals surface area contributed by atoms with E-state index in [1.165, 1.54) is 22.5 Å². The molecule has 3 nitrogen and oxygen atoms in total. The minimum absolute atomic E-state index is 0.315. The molecule has 20 heavy (non-hydrogen) atoms. The van der Waals surface area contributed by atoms with Crippen molar-refractivity contribution in [1.82, 2.24) is 9.88 Å². The van der Waals surface area contributed by atoms with Gasteiger partial charge in [-0.15, -0.1) is 0 Å². The first kappa shape index (κ1) is 13.9. The van der Waals surface area contributed by atoms with Crippen LogP contribution in [0, 0.1) is 0 Å². The summed E-state index contributed by atoms with van der Waals surface area (Å²) in [6.45, 7) is 4.09. The zero-order valence-electron chi connectivity index (χ0n) is 11.8. The van der Waals surface area contributed by atoms with Crippen LogP contribution in [-0.2, 0) is 0 Å². The van der Waals surface area contributed by atoms with Crippen LogP contribution in [0.15, 0.2) is 36.5 Å². The molecule has 2 aromatic rings. The third-order valence-corrected chi connectivity index (χ3v) is 5.24. The summed E-state index contributed by atoms with van der Waals surface area (Å²) in [6.07, 6.45) is 1.84. The lowest BCUT2D eigenvalue weighted by Crippen LogP contribution is -2.45. The van der Waals surface area contributed by atoms with Crippen molar-refractivity contribution in [2.75, 3.05) is 24.6 Å². The van der Waals surface area contributed by atoms with E-state index in [0.29, 0.717) is 18.6 Å². The Morgan fingerprint density at radius 1 is 1.45 bits per heavy atom. The molecule has 2 heterocycles. The molecule has 2 N–H and O–H groups in total. The average molecular weight is 287 g/mol. The maximum atomic E-state index is 6.08. The van der Waals surface area contributed by atoms with Gasteiger partial charge in [-0.1, -0.05) is 12.1 Å². The molecule has 3 rings (SSSR count). The normalized spacial score (nSPS) is 22.0. The van der Waals surface area contributed by atoms with E-state index in [9.17, 15) is 0 Å². The molecule has 4 heteroatoms. The molecular formula is C16H21N3S. The Kier molecular flexibility index (Phi) is 4.24. The van der Waals surface area contributed by atoms with E-state index in [2.05, 4.69) is 41.1 Å². The van der Waals surface area contributed by atoms with Gasteiger partial charge in [-0.3, -0.25) is 9.88 Å². The van der Waals surface area contributed by atoms with Crippen LogP contribution in [-0.4, -0.2) is 40.5 Å². The molecule has 2 atom stereocenters. The Bertz CT molecular complexity index is 587. The van der Waals surface area contributed by atoms with E-state index in [4.69, 9.17) is 5.73 Å². The van der Waals surface area contributed by atoms with Crippen molar-refractivity contribution in [2.45, 2.75) is 19.0 Å². The number of nitrogens with two attached hydrogens (primary N) is 1. The van der Waals surface area contributed by atoms with Crippen molar-refractivity contribution in [3.05, 3.63) is 42.1 Å². The lowest BCUT2D eigenvalue weighted by Gasteiger charge is -2.39. The van der Waals surface area contributed by atoms with E-state index >= 15 is 0 Å². The highest BCUT2D eigenvalue weighted by Gasteiger charge is 2.26. The minimum Gasteiger partial charge on any atom is -0.329 e. The lowest BCUT2D eigenvalue weighted by atomic mass is 10.0. The molecule has 1 aliphatic heterocycles. The Morgan fingerprint density at radius 2 is 2.35 bits per heavy atom. The fourth-order valence-electron chi connectivity index (χ4n) is 2.97. The summed E-state index contributed by atoms with van der Waals surface area (Å²) in [5, 5.41) is 1.20. The zero-order valence-corrected chi connectivity index (χ0v) is 12.6. The van der Waals surface area contributed by atoms with Gasteiger partial charge in [-0.25, -0.2) is 0 Å². The van der Waals surface area contributed by atoms with E-state index in [0.717, 1.165) is 12.1 Å². The quantitative estimate of drug-likeness (QED) is 0.942. The van der Waals surface area contributed by atoms with Crippen LogP contribution >= 0.6 is 11.8 Å². The molecule has 1 aliphatic rings. The first-order chi connectivity index (χ1) is 9.79. The molecule has 0 radical (unpaired) electrons. The van der Waals surface area contributed by atoms with E-state index < -0.39 is 0 Å². The van der Waals surface area contributed by atoms with Crippen LogP contribution in [0.1, 0.15) is 18.5 Å². The molecule has 0 bridgehead atoms. The number of pyridine rings is 1. The smallest absolute Gasteiger partial charge is 0.0702 e. The summed E-state index contributed by atoms with van der Waals surface area (Å²) in [6, 6.07) is 11.5. The van der Waals surface area contributed by atoms with Gasteiger partial charge in [0.2, 0.25) is 0 Å². The summed E-state index contributed by atoms with van der Waals surface area (Å²) < 4.78 is 0. The molecule has 2 unspecified atom stereocenters. The van der Waals surface area contributed by atoms with E-state index in [1.807, 2.05) is 24.0 Å². The van der Waals surface area contributed by atoms with Crippen LogP contribution in [0.3, 0.4) is 0 Å². The molecular weight excluding hydrogens is 266 g/mol.